The lowest BCUT2D eigenvalue weighted by atomic mass is 9.86. The molecule has 4 heteroatoms. The number of hydrogen-bond donors (Lipinski definition) is 1. The summed E-state index contributed by atoms with van der Waals surface area (Å²) >= 11 is 3.49. The minimum atomic E-state index is 0.676. The topological polar surface area (TPSA) is 30.5 Å². The fraction of sp³-hybridized carbons (Fsp3) is 0.538. The first kappa shape index (κ1) is 12.9. The molecule has 1 saturated carbocycles. The van der Waals surface area contributed by atoms with Crippen LogP contribution in [0.1, 0.15) is 24.8 Å². The van der Waals surface area contributed by atoms with Crippen LogP contribution in [0, 0.1) is 5.92 Å². The standard InChI is InChI=1S/C13H18BrNO2/c1-16-15-8-11-5-12(14)7-13(6-11)17-9-10-3-2-4-10/h5-7,10,15H,2-4,8-9H2,1H3. The number of ether oxygens (including phenoxy) is 1. The van der Waals surface area contributed by atoms with E-state index in [1.54, 1.807) is 7.11 Å². The lowest BCUT2D eigenvalue weighted by Gasteiger charge is -2.25. The van der Waals surface area contributed by atoms with Crippen LogP contribution in [0.15, 0.2) is 22.7 Å². The van der Waals surface area contributed by atoms with Crippen LogP contribution < -0.4 is 10.2 Å². The van der Waals surface area contributed by atoms with Crippen LogP contribution in [0.5, 0.6) is 5.75 Å². The Bertz CT molecular complexity index is 366. The monoisotopic (exact) mass is 299 g/mol. The van der Waals surface area contributed by atoms with E-state index < -0.39 is 0 Å². The van der Waals surface area contributed by atoms with Gasteiger partial charge in [0.25, 0.3) is 0 Å². The largest absolute Gasteiger partial charge is 0.493 e. The lowest BCUT2D eigenvalue weighted by molar-refractivity contribution is 0.0866. The van der Waals surface area contributed by atoms with Gasteiger partial charge in [0.1, 0.15) is 5.75 Å². The van der Waals surface area contributed by atoms with Gasteiger partial charge in [0.15, 0.2) is 0 Å². The van der Waals surface area contributed by atoms with Crippen LogP contribution in [0.3, 0.4) is 0 Å². The van der Waals surface area contributed by atoms with Crippen LogP contribution in [0.2, 0.25) is 0 Å². The smallest absolute Gasteiger partial charge is 0.120 e. The van der Waals surface area contributed by atoms with E-state index in [-0.39, 0.29) is 0 Å². The molecule has 0 bridgehead atoms. The van der Waals surface area contributed by atoms with E-state index in [9.17, 15) is 0 Å². The number of hydrogen-bond acceptors (Lipinski definition) is 3. The Morgan fingerprint density at radius 2 is 2.18 bits per heavy atom. The molecule has 1 aromatic carbocycles. The molecule has 94 valence electrons. The van der Waals surface area contributed by atoms with Gasteiger partial charge in [0.05, 0.1) is 13.7 Å². The van der Waals surface area contributed by atoms with Gasteiger partial charge < -0.3 is 9.57 Å². The summed E-state index contributed by atoms with van der Waals surface area (Å²) in [7, 11) is 1.62. The van der Waals surface area contributed by atoms with Gasteiger partial charge in [0.2, 0.25) is 0 Å². The molecule has 0 atom stereocenters. The summed E-state index contributed by atoms with van der Waals surface area (Å²) in [5.74, 6) is 1.69. The maximum absolute atomic E-state index is 5.81. The van der Waals surface area contributed by atoms with Crippen LogP contribution >= 0.6 is 15.9 Å². The second kappa shape index (κ2) is 6.38. The summed E-state index contributed by atoms with van der Waals surface area (Å²) in [4.78, 5) is 4.84. The normalized spacial score (nSPS) is 15.6. The molecule has 0 saturated heterocycles. The summed E-state index contributed by atoms with van der Waals surface area (Å²) in [6, 6.07) is 6.12. The molecule has 0 spiro atoms. The Hall–Kier alpha value is -0.580. The van der Waals surface area contributed by atoms with Gasteiger partial charge in [-0.2, -0.15) is 5.48 Å². The van der Waals surface area contributed by atoms with Gasteiger partial charge in [-0.1, -0.05) is 22.4 Å². The Kier molecular flexibility index (Phi) is 4.83. The minimum absolute atomic E-state index is 0.676. The third kappa shape index (κ3) is 3.98. The number of nitrogens with one attached hydrogen (secondary N) is 1. The Morgan fingerprint density at radius 1 is 1.35 bits per heavy atom. The number of benzene rings is 1. The highest BCUT2D eigenvalue weighted by Gasteiger charge is 2.17. The highest BCUT2D eigenvalue weighted by Crippen LogP contribution is 2.28. The zero-order valence-electron chi connectivity index (χ0n) is 10.0. The number of halogens is 1. The van der Waals surface area contributed by atoms with Gasteiger partial charge in [0, 0.05) is 11.0 Å². The van der Waals surface area contributed by atoms with Crippen molar-refractivity contribution in [2.24, 2.45) is 5.92 Å². The summed E-state index contributed by atoms with van der Waals surface area (Å²) in [5, 5.41) is 0. The van der Waals surface area contributed by atoms with E-state index in [1.165, 1.54) is 19.3 Å². The zero-order valence-corrected chi connectivity index (χ0v) is 11.6. The van der Waals surface area contributed by atoms with Gasteiger partial charge in [-0.3, -0.25) is 0 Å². The highest BCUT2D eigenvalue weighted by atomic mass is 79.9. The van der Waals surface area contributed by atoms with Gasteiger partial charge in [-0.05, 0) is 42.5 Å². The molecule has 0 aromatic heterocycles. The first-order valence-electron chi connectivity index (χ1n) is 5.96. The third-order valence-electron chi connectivity index (χ3n) is 3.06. The van der Waals surface area contributed by atoms with Crippen molar-refractivity contribution < 1.29 is 9.57 Å². The predicted octanol–water partition coefficient (Wildman–Crippen LogP) is 3.28. The van der Waals surface area contributed by atoms with E-state index in [2.05, 4.69) is 33.5 Å². The molecule has 2 rings (SSSR count). The summed E-state index contributed by atoms with van der Waals surface area (Å²) in [5.41, 5.74) is 3.97. The Labute approximate surface area is 111 Å². The first-order valence-corrected chi connectivity index (χ1v) is 6.75. The summed E-state index contributed by atoms with van der Waals surface area (Å²) in [6.45, 7) is 1.52. The number of hydroxylamine groups is 1. The molecular weight excluding hydrogens is 282 g/mol. The number of rotatable bonds is 6. The zero-order chi connectivity index (χ0) is 12.1. The Morgan fingerprint density at radius 3 is 2.82 bits per heavy atom. The maximum atomic E-state index is 5.81. The van der Waals surface area contributed by atoms with Crippen molar-refractivity contribution in [2.45, 2.75) is 25.8 Å². The van der Waals surface area contributed by atoms with Gasteiger partial charge in [-0.25, -0.2) is 0 Å². The third-order valence-corrected chi connectivity index (χ3v) is 3.52. The molecule has 1 fully saturated rings. The molecule has 0 unspecified atom stereocenters. The van der Waals surface area contributed by atoms with Crippen molar-refractivity contribution in [1.82, 2.24) is 5.48 Å². The second-order valence-corrected chi connectivity index (χ2v) is 5.34. The van der Waals surface area contributed by atoms with Crippen LogP contribution in [0.25, 0.3) is 0 Å². The Balaban J connectivity index is 1.92. The molecule has 1 aliphatic carbocycles. The molecule has 17 heavy (non-hydrogen) atoms. The van der Waals surface area contributed by atoms with E-state index >= 15 is 0 Å². The van der Waals surface area contributed by atoms with Gasteiger partial charge >= 0.3 is 0 Å². The predicted molar refractivity (Wildman–Crippen MR) is 70.8 cm³/mol. The minimum Gasteiger partial charge on any atom is -0.493 e. The van der Waals surface area contributed by atoms with Crippen molar-refractivity contribution in [3.05, 3.63) is 28.2 Å². The molecule has 3 nitrogen and oxygen atoms in total. The van der Waals surface area contributed by atoms with E-state index in [1.807, 2.05) is 6.07 Å². The van der Waals surface area contributed by atoms with Crippen molar-refractivity contribution in [3.8, 4) is 5.75 Å². The fourth-order valence-electron chi connectivity index (χ4n) is 1.84. The molecule has 0 amide bonds. The summed E-state index contributed by atoms with van der Waals surface area (Å²) < 4.78 is 6.85. The van der Waals surface area contributed by atoms with Crippen LogP contribution in [0.4, 0.5) is 0 Å². The molecule has 0 heterocycles. The average Bonchev–Trinajstić information content (AvgIpc) is 2.23. The SMILES string of the molecule is CONCc1cc(Br)cc(OCC2CCC2)c1. The van der Waals surface area contributed by atoms with E-state index in [4.69, 9.17) is 9.57 Å². The van der Waals surface area contributed by atoms with Crippen LogP contribution in [-0.4, -0.2) is 13.7 Å². The highest BCUT2D eigenvalue weighted by molar-refractivity contribution is 9.10. The van der Waals surface area contributed by atoms with Crippen molar-refractivity contribution >= 4 is 15.9 Å². The van der Waals surface area contributed by atoms with E-state index in [0.29, 0.717) is 6.54 Å². The van der Waals surface area contributed by atoms with Gasteiger partial charge in [-0.15, -0.1) is 0 Å². The van der Waals surface area contributed by atoms with Crippen molar-refractivity contribution in [2.75, 3.05) is 13.7 Å². The first-order chi connectivity index (χ1) is 8.28. The second-order valence-electron chi connectivity index (χ2n) is 4.43. The molecule has 0 aliphatic heterocycles. The molecule has 1 aliphatic rings. The molecule has 0 radical (unpaired) electrons. The molecule has 1 aromatic rings. The lowest BCUT2D eigenvalue weighted by Crippen LogP contribution is -2.19. The molecule has 1 N–H and O–H groups in total. The fourth-order valence-corrected chi connectivity index (χ4v) is 2.35. The van der Waals surface area contributed by atoms with E-state index in [0.717, 1.165) is 28.3 Å². The summed E-state index contributed by atoms with van der Waals surface area (Å²) in [6.07, 6.45) is 3.98. The van der Waals surface area contributed by atoms with Crippen molar-refractivity contribution in [3.63, 3.8) is 0 Å². The molecular formula is C13H18BrNO2. The quantitative estimate of drug-likeness (QED) is 0.818. The maximum Gasteiger partial charge on any atom is 0.120 e. The van der Waals surface area contributed by atoms with Crippen LogP contribution in [-0.2, 0) is 11.4 Å². The average molecular weight is 300 g/mol. The van der Waals surface area contributed by atoms with Crippen molar-refractivity contribution in [1.29, 1.82) is 0 Å².